The monoisotopic (exact) mass is 224 g/mol. The molecule has 1 heterocycles. The van der Waals surface area contributed by atoms with Crippen molar-refractivity contribution in [2.45, 2.75) is 38.6 Å². The molecule has 1 aromatic heterocycles. The summed E-state index contributed by atoms with van der Waals surface area (Å²) < 4.78 is 0. The summed E-state index contributed by atoms with van der Waals surface area (Å²) in [7, 11) is 0. The Labute approximate surface area is 94.1 Å². The number of rotatable bonds is 5. The van der Waals surface area contributed by atoms with Gasteiger partial charge in [0.2, 0.25) is 0 Å². The molecule has 3 nitrogen and oxygen atoms in total. The molecule has 2 rings (SSSR count). The van der Waals surface area contributed by atoms with Gasteiger partial charge < -0.3 is 4.90 Å². The summed E-state index contributed by atoms with van der Waals surface area (Å²) >= 11 is 1.48. The highest BCUT2D eigenvalue weighted by Gasteiger charge is 2.33. The van der Waals surface area contributed by atoms with Gasteiger partial charge in [0.1, 0.15) is 5.69 Å². The van der Waals surface area contributed by atoms with E-state index >= 15 is 0 Å². The Hall–Kier alpha value is -0.900. The molecule has 82 valence electrons. The summed E-state index contributed by atoms with van der Waals surface area (Å²) in [5.41, 5.74) is 2.33. The Morgan fingerprint density at radius 1 is 1.67 bits per heavy atom. The molecule has 0 unspecified atom stereocenters. The van der Waals surface area contributed by atoms with Crippen LogP contribution in [-0.4, -0.2) is 28.4 Å². The van der Waals surface area contributed by atoms with E-state index in [1.165, 1.54) is 24.2 Å². The Balaban J connectivity index is 2.01. The van der Waals surface area contributed by atoms with Crippen LogP contribution in [0.5, 0.6) is 0 Å². The van der Waals surface area contributed by atoms with Gasteiger partial charge in [0.05, 0.1) is 5.51 Å². The van der Waals surface area contributed by atoms with Gasteiger partial charge in [0.25, 0.3) is 5.91 Å². The molecule has 1 saturated carbocycles. The number of hydrogen-bond donors (Lipinski definition) is 0. The number of aromatic nitrogens is 1. The number of nitrogens with zero attached hydrogens (tertiary/aromatic N) is 2. The average Bonchev–Trinajstić information content (AvgIpc) is 2.94. The van der Waals surface area contributed by atoms with E-state index in [2.05, 4.69) is 11.9 Å². The van der Waals surface area contributed by atoms with E-state index < -0.39 is 0 Å². The number of carbonyl (C=O) groups excluding carboxylic acids is 1. The number of unbranched alkanes of at least 4 members (excludes halogenated alkanes) is 1. The van der Waals surface area contributed by atoms with Crippen molar-refractivity contribution in [2.24, 2.45) is 0 Å². The molecule has 1 aliphatic rings. The van der Waals surface area contributed by atoms with Crippen LogP contribution < -0.4 is 0 Å². The minimum Gasteiger partial charge on any atom is -0.334 e. The van der Waals surface area contributed by atoms with Crippen molar-refractivity contribution in [3.8, 4) is 0 Å². The van der Waals surface area contributed by atoms with Crippen molar-refractivity contribution in [1.82, 2.24) is 9.88 Å². The maximum absolute atomic E-state index is 12.1. The van der Waals surface area contributed by atoms with Crippen LogP contribution in [0.25, 0.3) is 0 Å². The Kier molecular flexibility index (Phi) is 3.36. The third-order valence-corrected chi connectivity index (χ3v) is 3.24. The molecule has 0 aromatic carbocycles. The van der Waals surface area contributed by atoms with Crippen LogP contribution in [0.3, 0.4) is 0 Å². The second kappa shape index (κ2) is 4.75. The molecule has 0 saturated heterocycles. The Morgan fingerprint density at radius 2 is 2.47 bits per heavy atom. The first-order chi connectivity index (χ1) is 7.33. The molecule has 0 spiro atoms. The maximum atomic E-state index is 12.1. The smallest absolute Gasteiger partial charge is 0.273 e. The first kappa shape index (κ1) is 10.6. The molecule has 0 aliphatic heterocycles. The van der Waals surface area contributed by atoms with Gasteiger partial charge in [-0.25, -0.2) is 4.98 Å². The summed E-state index contributed by atoms with van der Waals surface area (Å²) in [6.45, 7) is 3.04. The minimum absolute atomic E-state index is 0.118. The fraction of sp³-hybridized carbons (Fsp3) is 0.636. The van der Waals surface area contributed by atoms with Crippen molar-refractivity contribution in [3.05, 3.63) is 16.6 Å². The topological polar surface area (TPSA) is 33.2 Å². The lowest BCUT2D eigenvalue weighted by atomic mass is 10.3. The number of thiazole rings is 1. The molecule has 1 aliphatic carbocycles. The molecular weight excluding hydrogens is 208 g/mol. The quantitative estimate of drug-likeness (QED) is 0.770. The van der Waals surface area contributed by atoms with E-state index in [-0.39, 0.29) is 5.91 Å². The molecule has 1 fully saturated rings. The van der Waals surface area contributed by atoms with E-state index in [4.69, 9.17) is 0 Å². The maximum Gasteiger partial charge on any atom is 0.273 e. The zero-order valence-electron chi connectivity index (χ0n) is 8.98. The predicted octanol–water partition coefficient (Wildman–Crippen LogP) is 2.55. The van der Waals surface area contributed by atoms with E-state index in [1.54, 1.807) is 5.51 Å². The summed E-state index contributed by atoms with van der Waals surface area (Å²) in [5.74, 6) is 0.118. The van der Waals surface area contributed by atoms with Crippen molar-refractivity contribution in [1.29, 1.82) is 0 Å². The van der Waals surface area contributed by atoms with Crippen LogP contribution >= 0.6 is 11.3 Å². The van der Waals surface area contributed by atoms with E-state index in [0.717, 1.165) is 19.4 Å². The van der Waals surface area contributed by atoms with Gasteiger partial charge in [-0.2, -0.15) is 0 Å². The summed E-state index contributed by atoms with van der Waals surface area (Å²) in [6.07, 6.45) is 4.55. The molecule has 0 bridgehead atoms. The minimum atomic E-state index is 0.118. The summed E-state index contributed by atoms with van der Waals surface area (Å²) in [4.78, 5) is 18.1. The lowest BCUT2D eigenvalue weighted by Crippen LogP contribution is -2.34. The van der Waals surface area contributed by atoms with Gasteiger partial charge in [-0.1, -0.05) is 13.3 Å². The molecule has 0 N–H and O–H groups in total. The van der Waals surface area contributed by atoms with Gasteiger partial charge in [-0.15, -0.1) is 11.3 Å². The normalized spacial score (nSPS) is 15.3. The lowest BCUT2D eigenvalue weighted by Gasteiger charge is -2.20. The largest absolute Gasteiger partial charge is 0.334 e. The zero-order chi connectivity index (χ0) is 10.7. The third kappa shape index (κ3) is 2.56. The first-order valence-electron chi connectivity index (χ1n) is 5.52. The highest BCUT2D eigenvalue weighted by molar-refractivity contribution is 7.07. The summed E-state index contributed by atoms with van der Waals surface area (Å²) in [6, 6.07) is 0.491. The van der Waals surface area contributed by atoms with Crippen molar-refractivity contribution in [3.63, 3.8) is 0 Å². The van der Waals surface area contributed by atoms with Crippen LogP contribution in [0, 0.1) is 0 Å². The molecule has 0 atom stereocenters. The van der Waals surface area contributed by atoms with Crippen molar-refractivity contribution < 1.29 is 4.79 Å². The first-order valence-corrected chi connectivity index (χ1v) is 6.46. The van der Waals surface area contributed by atoms with Crippen LogP contribution in [0.1, 0.15) is 43.1 Å². The second-order valence-corrected chi connectivity index (χ2v) is 4.68. The van der Waals surface area contributed by atoms with Crippen LogP contribution in [0.15, 0.2) is 10.9 Å². The van der Waals surface area contributed by atoms with Crippen LogP contribution in [-0.2, 0) is 0 Å². The van der Waals surface area contributed by atoms with Gasteiger partial charge >= 0.3 is 0 Å². The third-order valence-electron chi connectivity index (χ3n) is 2.65. The van der Waals surface area contributed by atoms with E-state index in [0.29, 0.717) is 11.7 Å². The molecule has 0 radical (unpaired) electrons. The van der Waals surface area contributed by atoms with Gasteiger partial charge in [0, 0.05) is 18.0 Å². The molecule has 1 amide bonds. The number of carbonyl (C=O) groups is 1. The van der Waals surface area contributed by atoms with Gasteiger partial charge in [0.15, 0.2) is 0 Å². The predicted molar refractivity (Wildman–Crippen MR) is 61.1 cm³/mol. The SMILES string of the molecule is CCCCN(C(=O)c1cscn1)C1CC1. The molecule has 4 heteroatoms. The fourth-order valence-corrected chi connectivity index (χ4v) is 2.16. The zero-order valence-corrected chi connectivity index (χ0v) is 9.80. The highest BCUT2D eigenvalue weighted by atomic mass is 32.1. The molecule has 15 heavy (non-hydrogen) atoms. The van der Waals surface area contributed by atoms with Crippen molar-refractivity contribution in [2.75, 3.05) is 6.54 Å². The van der Waals surface area contributed by atoms with E-state index in [1.807, 2.05) is 10.3 Å². The summed E-state index contributed by atoms with van der Waals surface area (Å²) in [5, 5.41) is 1.84. The standard InChI is InChI=1S/C11H16N2OS/c1-2-3-6-13(9-4-5-9)11(14)10-7-15-8-12-10/h7-9H,2-6H2,1H3. The lowest BCUT2D eigenvalue weighted by molar-refractivity contribution is 0.0735. The van der Waals surface area contributed by atoms with Gasteiger partial charge in [-0.05, 0) is 19.3 Å². The highest BCUT2D eigenvalue weighted by Crippen LogP contribution is 2.28. The number of hydrogen-bond acceptors (Lipinski definition) is 3. The Morgan fingerprint density at radius 3 is 3.00 bits per heavy atom. The molecular formula is C11H16N2OS. The van der Waals surface area contributed by atoms with Crippen LogP contribution in [0.2, 0.25) is 0 Å². The molecule has 1 aromatic rings. The average molecular weight is 224 g/mol. The van der Waals surface area contributed by atoms with Crippen molar-refractivity contribution >= 4 is 17.2 Å². The van der Waals surface area contributed by atoms with Gasteiger partial charge in [-0.3, -0.25) is 4.79 Å². The van der Waals surface area contributed by atoms with E-state index in [9.17, 15) is 4.79 Å². The van der Waals surface area contributed by atoms with Crippen LogP contribution in [0.4, 0.5) is 0 Å². The Bertz CT molecular complexity index is 319. The fourth-order valence-electron chi connectivity index (χ4n) is 1.63. The second-order valence-electron chi connectivity index (χ2n) is 3.96. The number of amides is 1.